The predicted molar refractivity (Wildman–Crippen MR) is 46.7 cm³/mol. The van der Waals surface area contributed by atoms with Gasteiger partial charge in [-0.3, -0.25) is 9.78 Å². The summed E-state index contributed by atoms with van der Waals surface area (Å²) in [5.41, 5.74) is 0. The van der Waals surface area contributed by atoms with Gasteiger partial charge >= 0.3 is 11.9 Å². The predicted octanol–water partition coefficient (Wildman–Crippen LogP) is 1.60. The number of rotatable bonds is 0. The smallest absolute Gasteiger partial charge is 0.266 e. The molecule has 1 aliphatic heterocycles. The first-order valence-corrected chi connectivity index (χ1v) is 5.02. The molecule has 0 atom stereocenters. The first kappa shape index (κ1) is 11.9. The summed E-state index contributed by atoms with van der Waals surface area (Å²) in [5.74, 6) is -1.07. The fourth-order valence-electron chi connectivity index (χ4n) is 1.26. The Labute approximate surface area is 87.2 Å². The summed E-state index contributed by atoms with van der Waals surface area (Å²) in [6, 6.07) is 0. The normalized spacial score (nSPS) is 21.6. The van der Waals surface area contributed by atoms with Gasteiger partial charge in [-0.2, -0.15) is 0 Å². The van der Waals surface area contributed by atoms with Gasteiger partial charge in [-0.05, 0) is 12.8 Å². The Morgan fingerprint density at radius 3 is 1.53 bits per heavy atom. The van der Waals surface area contributed by atoms with Crippen molar-refractivity contribution in [1.29, 1.82) is 0 Å². The largest absolute Gasteiger partial charge is 0.345 e. The molecule has 0 aromatic heterocycles. The van der Waals surface area contributed by atoms with Crippen LogP contribution in [-0.4, -0.2) is 11.9 Å². The lowest BCUT2D eigenvalue weighted by atomic mass is 10.1. The quantitative estimate of drug-likeness (QED) is 0.575. The van der Waals surface area contributed by atoms with E-state index in [1.165, 1.54) is 0 Å². The van der Waals surface area contributed by atoms with E-state index >= 15 is 0 Å². The minimum atomic E-state index is -0.537. The van der Waals surface area contributed by atoms with Gasteiger partial charge in [0.1, 0.15) is 0 Å². The zero-order chi connectivity index (χ0) is 10.9. The van der Waals surface area contributed by atoms with Gasteiger partial charge in [0.15, 0.2) is 0 Å². The van der Waals surface area contributed by atoms with Crippen molar-refractivity contribution in [2.24, 2.45) is 0 Å². The highest BCUT2D eigenvalue weighted by atomic mass is 17.7. The molecule has 15 heavy (non-hydrogen) atoms. The van der Waals surface area contributed by atoms with E-state index in [2.05, 4.69) is 19.9 Å². The van der Waals surface area contributed by atoms with Crippen LogP contribution in [0, 0.1) is 0 Å². The molecular formula is C9H14O6. The second-order valence-electron chi connectivity index (χ2n) is 3.31. The van der Waals surface area contributed by atoms with Crippen molar-refractivity contribution in [3.63, 3.8) is 0 Å². The second kappa shape index (κ2) is 7.19. The van der Waals surface area contributed by atoms with Crippen molar-refractivity contribution >= 4 is 11.9 Å². The highest BCUT2D eigenvalue weighted by Crippen LogP contribution is 2.09. The lowest BCUT2D eigenvalue weighted by Gasteiger charge is -2.00. The third kappa shape index (κ3) is 6.03. The monoisotopic (exact) mass is 218 g/mol. The van der Waals surface area contributed by atoms with Crippen LogP contribution in [0.25, 0.3) is 0 Å². The standard InChI is InChI=1S/C9H14O6/c10-8-6-4-2-1-3-5-7-9(11)13-15-14-12-8/h1-7H2. The fourth-order valence-corrected chi connectivity index (χ4v) is 1.26. The Balaban J connectivity index is 2.27. The molecule has 0 aliphatic carbocycles. The van der Waals surface area contributed by atoms with Crippen molar-refractivity contribution in [3.8, 4) is 0 Å². The van der Waals surface area contributed by atoms with Crippen LogP contribution in [-0.2, 0) is 29.4 Å². The molecule has 1 heterocycles. The van der Waals surface area contributed by atoms with E-state index in [0.29, 0.717) is 0 Å². The molecule has 0 aromatic carbocycles. The first-order valence-electron chi connectivity index (χ1n) is 5.02. The minimum Gasteiger partial charge on any atom is -0.266 e. The molecule has 0 unspecified atom stereocenters. The van der Waals surface area contributed by atoms with Crippen molar-refractivity contribution in [3.05, 3.63) is 0 Å². The number of hydrogen-bond donors (Lipinski definition) is 0. The summed E-state index contributed by atoms with van der Waals surface area (Å²) < 4.78 is 0. The number of carbonyl (C=O) groups excluding carboxylic acids is 2. The Morgan fingerprint density at radius 2 is 1.07 bits per heavy atom. The third-order valence-electron chi connectivity index (χ3n) is 2.04. The van der Waals surface area contributed by atoms with E-state index in [9.17, 15) is 9.59 Å². The van der Waals surface area contributed by atoms with E-state index < -0.39 is 11.9 Å². The van der Waals surface area contributed by atoms with Gasteiger partial charge in [-0.15, -0.1) is 0 Å². The molecule has 6 nitrogen and oxygen atoms in total. The summed E-state index contributed by atoms with van der Waals surface area (Å²) in [6.07, 6.45) is 4.90. The molecule has 1 fully saturated rings. The molecule has 1 aliphatic rings. The van der Waals surface area contributed by atoms with Gasteiger partial charge in [0.2, 0.25) is 0 Å². The van der Waals surface area contributed by atoms with Crippen molar-refractivity contribution < 1.29 is 29.4 Å². The molecule has 0 amide bonds. The SMILES string of the molecule is O=C1CCCCCCCC(=O)OOOO1. The maximum Gasteiger partial charge on any atom is 0.345 e. The van der Waals surface area contributed by atoms with Gasteiger partial charge in [0.25, 0.3) is 0 Å². The lowest BCUT2D eigenvalue weighted by Crippen LogP contribution is -2.09. The summed E-state index contributed by atoms with van der Waals surface area (Å²) >= 11 is 0. The van der Waals surface area contributed by atoms with Crippen LogP contribution >= 0.6 is 0 Å². The molecule has 0 saturated carbocycles. The van der Waals surface area contributed by atoms with Crippen LogP contribution in [0.5, 0.6) is 0 Å². The Morgan fingerprint density at radius 1 is 0.667 bits per heavy atom. The highest BCUT2D eigenvalue weighted by Gasteiger charge is 2.09. The molecule has 1 rings (SSSR count). The third-order valence-corrected chi connectivity index (χ3v) is 2.04. The maximum atomic E-state index is 10.9. The van der Waals surface area contributed by atoms with Gasteiger partial charge in [-0.1, -0.05) is 19.3 Å². The molecule has 1 saturated heterocycles. The van der Waals surface area contributed by atoms with Crippen LogP contribution in [0.1, 0.15) is 44.9 Å². The molecule has 0 spiro atoms. The van der Waals surface area contributed by atoms with Crippen molar-refractivity contribution in [2.75, 3.05) is 0 Å². The first-order chi connectivity index (χ1) is 7.29. The maximum absolute atomic E-state index is 10.9. The number of hydrogen-bond acceptors (Lipinski definition) is 6. The molecule has 0 N–H and O–H groups in total. The Kier molecular flexibility index (Phi) is 5.72. The highest BCUT2D eigenvalue weighted by molar-refractivity contribution is 5.69. The minimum absolute atomic E-state index is 0.275. The van der Waals surface area contributed by atoms with Gasteiger partial charge in [0.05, 0.1) is 0 Å². The Hall–Kier alpha value is -1.14. The zero-order valence-corrected chi connectivity index (χ0v) is 8.40. The molecular weight excluding hydrogens is 204 g/mol. The summed E-state index contributed by atoms with van der Waals surface area (Å²) in [4.78, 5) is 30.1. The number of carbonyl (C=O) groups is 2. The van der Waals surface area contributed by atoms with Gasteiger partial charge in [-0.25, -0.2) is 9.59 Å². The van der Waals surface area contributed by atoms with Gasteiger partial charge < -0.3 is 0 Å². The van der Waals surface area contributed by atoms with E-state index in [1.807, 2.05) is 0 Å². The average Bonchev–Trinajstić information content (AvgIpc) is 2.23. The van der Waals surface area contributed by atoms with Crippen LogP contribution in [0.3, 0.4) is 0 Å². The second-order valence-corrected chi connectivity index (χ2v) is 3.31. The molecule has 0 radical (unpaired) electrons. The zero-order valence-electron chi connectivity index (χ0n) is 8.40. The van der Waals surface area contributed by atoms with Crippen LogP contribution in [0.2, 0.25) is 0 Å². The fraction of sp³-hybridized carbons (Fsp3) is 0.778. The molecule has 0 bridgehead atoms. The van der Waals surface area contributed by atoms with E-state index in [1.54, 1.807) is 0 Å². The van der Waals surface area contributed by atoms with Crippen molar-refractivity contribution in [1.82, 2.24) is 0 Å². The van der Waals surface area contributed by atoms with E-state index in [0.717, 1.165) is 32.1 Å². The lowest BCUT2D eigenvalue weighted by molar-refractivity contribution is -0.600. The van der Waals surface area contributed by atoms with Crippen LogP contribution in [0.15, 0.2) is 0 Å². The Bertz CT molecular complexity index is 193. The molecule has 6 heteroatoms. The van der Waals surface area contributed by atoms with E-state index in [-0.39, 0.29) is 12.8 Å². The van der Waals surface area contributed by atoms with E-state index in [4.69, 9.17) is 0 Å². The average molecular weight is 218 g/mol. The molecule has 0 aromatic rings. The van der Waals surface area contributed by atoms with Crippen molar-refractivity contribution in [2.45, 2.75) is 44.9 Å². The topological polar surface area (TPSA) is 71.1 Å². The summed E-state index contributed by atoms with van der Waals surface area (Å²) in [7, 11) is 0. The van der Waals surface area contributed by atoms with Crippen LogP contribution < -0.4 is 0 Å². The van der Waals surface area contributed by atoms with Gasteiger partial charge in [0, 0.05) is 22.9 Å². The molecule has 86 valence electrons. The van der Waals surface area contributed by atoms with Crippen LogP contribution in [0.4, 0.5) is 0 Å². The summed E-state index contributed by atoms with van der Waals surface area (Å²) in [6.45, 7) is 0. The summed E-state index contributed by atoms with van der Waals surface area (Å²) in [5, 5.41) is 7.87.